The van der Waals surface area contributed by atoms with E-state index in [1.54, 1.807) is 0 Å². The molecule has 0 heteroatoms. The fraction of sp³-hybridized carbons (Fsp3) is 0.0870. The number of rotatable bonds is 4. The van der Waals surface area contributed by atoms with Crippen LogP contribution in [-0.2, 0) is 0 Å². The second-order valence-corrected chi connectivity index (χ2v) is 12.6. The summed E-state index contributed by atoms with van der Waals surface area (Å²) in [6.07, 6.45) is 16.3. The van der Waals surface area contributed by atoms with Crippen LogP contribution in [-0.4, -0.2) is 0 Å². The zero-order chi connectivity index (χ0) is 30.5. The minimum atomic E-state index is 1.07. The highest BCUT2D eigenvalue weighted by Crippen LogP contribution is 2.39. The average molecular weight is 587 g/mol. The second kappa shape index (κ2) is 11.2. The van der Waals surface area contributed by atoms with Crippen LogP contribution in [0.4, 0.5) is 0 Å². The van der Waals surface area contributed by atoms with Gasteiger partial charge in [-0.15, -0.1) is 0 Å². The Hall–Kier alpha value is -5.46. The van der Waals surface area contributed by atoms with E-state index >= 15 is 0 Å². The maximum Gasteiger partial charge on any atom is -0.00269 e. The molecule has 46 heavy (non-hydrogen) atoms. The second-order valence-electron chi connectivity index (χ2n) is 12.6. The molecule has 0 atom stereocenters. The molecule has 0 aromatic heterocycles. The molecular formula is C46H34. The van der Waals surface area contributed by atoms with E-state index in [1.807, 2.05) is 0 Å². The molecule has 9 rings (SSSR count). The molecule has 0 saturated carbocycles. The smallest absolute Gasteiger partial charge is 0.00269 e. The SMILES string of the molecule is C1=CC(c2ccc3ccccc3c2-c2ccc(-c3c4c(c(-c5ccc6ccccc6c5)c5ccccc35)=CCCC=4)cc2)=CCC1. The van der Waals surface area contributed by atoms with Gasteiger partial charge in [-0.05, 0) is 119 Å². The fourth-order valence-corrected chi connectivity index (χ4v) is 7.76. The van der Waals surface area contributed by atoms with Crippen LogP contribution in [0.5, 0.6) is 0 Å². The van der Waals surface area contributed by atoms with E-state index in [0.717, 1.165) is 25.7 Å². The molecule has 0 bridgehead atoms. The topological polar surface area (TPSA) is 0 Å². The third kappa shape index (κ3) is 4.44. The Morgan fingerprint density at radius 2 is 0.913 bits per heavy atom. The summed E-state index contributed by atoms with van der Waals surface area (Å²) in [7, 11) is 0. The van der Waals surface area contributed by atoms with Gasteiger partial charge in [0.2, 0.25) is 0 Å². The zero-order valence-corrected chi connectivity index (χ0v) is 25.8. The molecule has 0 spiro atoms. The van der Waals surface area contributed by atoms with Gasteiger partial charge in [-0.2, -0.15) is 0 Å². The Balaban J connectivity index is 1.26. The van der Waals surface area contributed by atoms with Gasteiger partial charge in [0.15, 0.2) is 0 Å². The molecule has 0 amide bonds. The van der Waals surface area contributed by atoms with Crippen molar-refractivity contribution < 1.29 is 0 Å². The third-order valence-corrected chi connectivity index (χ3v) is 9.89. The quantitative estimate of drug-likeness (QED) is 0.192. The highest BCUT2D eigenvalue weighted by atomic mass is 14.2. The maximum atomic E-state index is 2.47. The molecule has 7 aromatic rings. The van der Waals surface area contributed by atoms with Crippen LogP contribution < -0.4 is 10.4 Å². The van der Waals surface area contributed by atoms with Crippen molar-refractivity contribution in [1.82, 2.24) is 0 Å². The number of allylic oxidation sites excluding steroid dienone is 4. The lowest BCUT2D eigenvalue weighted by Crippen LogP contribution is -2.31. The third-order valence-electron chi connectivity index (χ3n) is 9.89. The molecule has 0 unspecified atom stereocenters. The minimum Gasteiger partial charge on any atom is -0.0836 e. The first-order valence-corrected chi connectivity index (χ1v) is 16.6. The van der Waals surface area contributed by atoms with E-state index in [1.165, 1.54) is 87.3 Å². The van der Waals surface area contributed by atoms with Gasteiger partial charge < -0.3 is 0 Å². The van der Waals surface area contributed by atoms with Gasteiger partial charge in [0.1, 0.15) is 0 Å². The summed E-state index contributed by atoms with van der Waals surface area (Å²) in [5.74, 6) is 0. The molecule has 218 valence electrons. The van der Waals surface area contributed by atoms with Crippen LogP contribution >= 0.6 is 0 Å². The molecule has 0 saturated heterocycles. The molecule has 0 radical (unpaired) electrons. The Kier molecular flexibility index (Phi) is 6.53. The Labute approximate surface area is 270 Å². The summed E-state index contributed by atoms with van der Waals surface area (Å²) in [6, 6.07) is 47.4. The summed E-state index contributed by atoms with van der Waals surface area (Å²) in [5, 5.41) is 10.5. The molecule has 0 aliphatic heterocycles. The van der Waals surface area contributed by atoms with Gasteiger partial charge in [0, 0.05) is 0 Å². The number of fused-ring (bicyclic) bond motifs is 4. The Morgan fingerprint density at radius 3 is 1.61 bits per heavy atom. The van der Waals surface area contributed by atoms with E-state index in [2.05, 4.69) is 158 Å². The first-order valence-electron chi connectivity index (χ1n) is 16.6. The van der Waals surface area contributed by atoms with Gasteiger partial charge in [0.05, 0.1) is 0 Å². The van der Waals surface area contributed by atoms with Crippen molar-refractivity contribution in [2.24, 2.45) is 0 Å². The largest absolute Gasteiger partial charge is 0.0836 e. The predicted molar refractivity (Wildman–Crippen MR) is 199 cm³/mol. The number of hydrogen-bond donors (Lipinski definition) is 0. The van der Waals surface area contributed by atoms with E-state index in [-0.39, 0.29) is 0 Å². The van der Waals surface area contributed by atoms with E-state index in [4.69, 9.17) is 0 Å². The van der Waals surface area contributed by atoms with Crippen molar-refractivity contribution in [3.05, 3.63) is 162 Å². The van der Waals surface area contributed by atoms with Crippen LogP contribution in [0.25, 0.3) is 83.4 Å². The lowest BCUT2D eigenvalue weighted by molar-refractivity contribution is 1.04. The zero-order valence-electron chi connectivity index (χ0n) is 25.8. The molecule has 0 heterocycles. The van der Waals surface area contributed by atoms with Crippen LogP contribution in [0.3, 0.4) is 0 Å². The molecule has 7 aromatic carbocycles. The average Bonchev–Trinajstić information content (AvgIpc) is 3.13. The monoisotopic (exact) mass is 586 g/mol. The van der Waals surface area contributed by atoms with Crippen molar-refractivity contribution in [3.8, 4) is 33.4 Å². The molecular weight excluding hydrogens is 553 g/mol. The van der Waals surface area contributed by atoms with E-state index in [0.29, 0.717) is 0 Å². The van der Waals surface area contributed by atoms with Crippen LogP contribution in [0, 0.1) is 0 Å². The van der Waals surface area contributed by atoms with Gasteiger partial charge in [-0.25, -0.2) is 0 Å². The predicted octanol–water partition coefficient (Wildman–Crippen LogP) is 11.2. The van der Waals surface area contributed by atoms with Crippen molar-refractivity contribution in [2.45, 2.75) is 25.7 Å². The molecule has 2 aliphatic carbocycles. The molecule has 0 N–H and O–H groups in total. The maximum absolute atomic E-state index is 2.47. The number of benzene rings is 7. The molecule has 0 fully saturated rings. The van der Waals surface area contributed by atoms with Crippen LogP contribution in [0.2, 0.25) is 0 Å². The lowest BCUT2D eigenvalue weighted by atomic mass is 9.84. The van der Waals surface area contributed by atoms with Crippen LogP contribution in [0.15, 0.2) is 146 Å². The first kappa shape index (κ1) is 26.9. The van der Waals surface area contributed by atoms with Crippen molar-refractivity contribution >= 4 is 50.0 Å². The van der Waals surface area contributed by atoms with Crippen molar-refractivity contribution in [2.75, 3.05) is 0 Å². The standard InChI is InChI=1S/C46H34/c1-2-13-32(14-3-1)39-29-28-33-15-6-7-17-38(33)44(39)34-23-25-35(26-24-34)45-40-18-8-10-20-42(40)46(43-21-11-9-19-41(43)45)37-27-22-31-12-4-5-16-36(31)30-37/h2,4-8,10,12-30H,1,3,9,11H2. The van der Waals surface area contributed by atoms with Gasteiger partial charge in [0.25, 0.3) is 0 Å². The molecule has 0 nitrogen and oxygen atoms in total. The summed E-state index contributed by atoms with van der Waals surface area (Å²) < 4.78 is 0. The Morgan fingerprint density at radius 1 is 0.370 bits per heavy atom. The highest BCUT2D eigenvalue weighted by Gasteiger charge is 2.18. The summed E-state index contributed by atoms with van der Waals surface area (Å²) in [6.45, 7) is 0. The van der Waals surface area contributed by atoms with E-state index < -0.39 is 0 Å². The van der Waals surface area contributed by atoms with Crippen molar-refractivity contribution in [3.63, 3.8) is 0 Å². The Bertz CT molecular complexity index is 2500. The highest BCUT2D eigenvalue weighted by molar-refractivity contribution is 6.08. The molecule has 2 aliphatic rings. The summed E-state index contributed by atoms with van der Waals surface area (Å²) in [4.78, 5) is 0. The summed E-state index contributed by atoms with van der Waals surface area (Å²) in [5.41, 5.74) is 10.5. The van der Waals surface area contributed by atoms with E-state index in [9.17, 15) is 0 Å². The lowest BCUT2D eigenvalue weighted by Gasteiger charge is -2.19. The normalized spacial score (nSPS) is 14.1. The van der Waals surface area contributed by atoms with Gasteiger partial charge >= 0.3 is 0 Å². The first-order chi connectivity index (χ1) is 22.8. The van der Waals surface area contributed by atoms with Gasteiger partial charge in [-0.1, -0.05) is 152 Å². The van der Waals surface area contributed by atoms with Crippen LogP contribution in [0.1, 0.15) is 31.2 Å². The minimum absolute atomic E-state index is 1.07. The fourth-order valence-electron chi connectivity index (χ4n) is 7.76. The summed E-state index contributed by atoms with van der Waals surface area (Å²) >= 11 is 0. The van der Waals surface area contributed by atoms with Crippen molar-refractivity contribution in [1.29, 1.82) is 0 Å². The number of hydrogen-bond acceptors (Lipinski definition) is 0. The van der Waals surface area contributed by atoms with Gasteiger partial charge in [-0.3, -0.25) is 0 Å².